The Kier molecular flexibility index (Phi) is 13.9. The first-order valence-corrected chi connectivity index (χ1v) is 7.22. The zero-order chi connectivity index (χ0) is 15.1. The monoisotopic (exact) mass is 292 g/mol. The average Bonchev–Trinajstić information content (AvgIpc) is 2.45. The number of unbranched alkanes of at least 4 members (excludes halogenated alkanes) is 1. The van der Waals surface area contributed by atoms with Gasteiger partial charge in [0.05, 0.1) is 25.9 Å². The molecule has 0 bridgehead atoms. The fourth-order valence-electron chi connectivity index (χ4n) is 1.45. The maximum atomic E-state index is 11.1. The third kappa shape index (κ3) is 12.2. The Bertz CT molecular complexity index is 222. The standard InChI is InChI=1S/C14H28O6/c1-4-13(18-5-2)12-17-8-6-7-9-19-14(15)20-11-10-16-3/h13H,4-12H2,1-3H3. The van der Waals surface area contributed by atoms with Crippen molar-refractivity contribution in [1.82, 2.24) is 0 Å². The van der Waals surface area contributed by atoms with Crippen LogP contribution in [0.25, 0.3) is 0 Å². The van der Waals surface area contributed by atoms with Crippen molar-refractivity contribution in [3.63, 3.8) is 0 Å². The van der Waals surface area contributed by atoms with Crippen LogP contribution in [0.2, 0.25) is 0 Å². The van der Waals surface area contributed by atoms with Gasteiger partial charge < -0.3 is 23.7 Å². The molecule has 0 saturated heterocycles. The summed E-state index contributed by atoms with van der Waals surface area (Å²) in [5.41, 5.74) is 0. The van der Waals surface area contributed by atoms with Gasteiger partial charge in [0.1, 0.15) is 6.61 Å². The largest absolute Gasteiger partial charge is 0.508 e. The van der Waals surface area contributed by atoms with E-state index in [0.717, 1.165) is 19.3 Å². The van der Waals surface area contributed by atoms with Gasteiger partial charge in [-0.05, 0) is 26.2 Å². The summed E-state index contributed by atoms with van der Waals surface area (Å²) in [6.07, 6.45) is 2.07. The topological polar surface area (TPSA) is 63.2 Å². The summed E-state index contributed by atoms with van der Waals surface area (Å²) in [6.45, 7) is 6.96. The molecule has 0 heterocycles. The van der Waals surface area contributed by atoms with Gasteiger partial charge in [0.25, 0.3) is 0 Å². The van der Waals surface area contributed by atoms with Crippen molar-refractivity contribution in [3.8, 4) is 0 Å². The van der Waals surface area contributed by atoms with Crippen LogP contribution in [0.4, 0.5) is 4.79 Å². The molecule has 0 aliphatic carbocycles. The van der Waals surface area contributed by atoms with E-state index in [-0.39, 0.29) is 12.7 Å². The minimum atomic E-state index is -0.648. The summed E-state index contributed by atoms with van der Waals surface area (Å²) in [7, 11) is 1.54. The van der Waals surface area contributed by atoms with Crippen LogP contribution in [0, 0.1) is 0 Å². The molecule has 6 heteroatoms. The number of methoxy groups -OCH3 is 1. The van der Waals surface area contributed by atoms with Gasteiger partial charge in [-0.15, -0.1) is 0 Å². The minimum absolute atomic E-state index is 0.173. The Hall–Kier alpha value is -0.850. The van der Waals surface area contributed by atoms with Gasteiger partial charge in [-0.1, -0.05) is 6.92 Å². The molecule has 0 saturated carbocycles. The third-order valence-corrected chi connectivity index (χ3v) is 2.57. The SMILES string of the molecule is CCOC(CC)COCCCCOC(=O)OCCOC. The van der Waals surface area contributed by atoms with Gasteiger partial charge >= 0.3 is 6.16 Å². The van der Waals surface area contributed by atoms with Gasteiger partial charge in [0.15, 0.2) is 0 Å². The maximum Gasteiger partial charge on any atom is 0.508 e. The molecule has 1 unspecified atom stereocenters. The third-order valence-electron chi connectivity index (χ3n) is 2.57. The number of ether oxygens (including phenoxy) is 5. The summed E-state index contributed by atoms with van der Waals surface area (Å²) in [4.78, 5) is 11.1. The van der Waals surface area contributed by atoms with Crippen LogP contribution < -0.4 is 0 Å². The van der Waals surface area contributed by atoms with E-state index in [1.807, 2.05) is 6.92 Å². The Morgan fingerprint density at radius 1 is 1.00 bits per heavy atom. The Labute approximate surface area is 121 Å². The zero-order valence-electron chi connectivity index (χ0n) is 12.9. The molecule has 120 valence electrons. The molecular formula is C14H28O6. The first-order chi connectivity index (χ1) is 9.74. The van der Waals surface area contributed by atoms with E-state index >= 15 is 0 Å². The van der Waals surface area contributed by atoms with E-state index in [2.05, 4.69) is 6.92 Å². The van der Waals surface area contributed by atoms with Crippen LogP contribution in [0.3, 0.4) is 0 Å². The van der Waals surface area contributed by atoms with Crippen molar-refractivity contribution < 1.29 is 28.5 Å². The lowest BCUT2D eigenvalue weighted by molar-refractivity contribution is -0.0150. The van der Waals surface area contributed by atoms with E-state index in [1.165, 1.54) is 0 Å². The lowest BCUT2D eigenvalue weighted by atomic mass is 10.3. The van der Waals surface area contributed by atoms with Gasteiger partial charge in [0, 0.05) is 20.3 Å². The molecule has 0 rings (SSSR count). The summed E-state index contributed by atoms with van der Waals surface area (Å²) in [6, 6.07) is 0. The summed E-state index contributed by atoms with van der Waals surface area (Å²) >= 11 is 0. The van der Waals surface area contributed by atoms with Crippen LogP contribution in [0.1, 0.15) is 33.1 Å². The van der Waals surface area contributed by atoms with Crippen LogP contribution in [0.5, 0.6) is 0 Å². The lowest BCUT2D eigenvalue weighted by Gasteiger charge is -2.14. The highest BCUT2D eigenvalue weighted by molar-refractivity contribution is 5.59. The second-order valence-corrected chi connectivity index (χ2v) is 4.21. The highest BCUT2D eigenvalue weighted by atomic mass is 16.7. The predicted octanol–water partition coefficient (Wildman–Crippen LogP) is 2.40. The molecule has 0 aromatic rings. The summed E-state index contributed by atoms with van der Waals surface area (Å²) in [5.74, 6) is 0. The molecule has 0 fully saturated rings. The number of hydrogen-bond donors (Lipinski definition) is 0. The first kappa shape index (κ1) is 19.1. The van der Waals surface area contributed by atoms with Crippen molar-refractivity contribution in [3.05, 3.63) is 0 Å². The Morgan fingerprint density at radius 2 is 1.70 bits per heavy atom. The van der Waals surface area contributed by atoms with Crippen molar-refractivity contribution in [1.29, 1.82) is 0 Å². The second-order valence-electron chi connectivity index (χ2n) is 4.21. The minimum Gasteiger partial charge on any atom is -0.434 e. The highest BCUT2D eigenvalue weighted by Crippen LogP contribution is 2.00. The normalized spacial score (nSPS) is 12.2. The summed E-state index contributed by atoms with van der Waals surface area (Å²) < 4.78 is 25.4. The van der Waals surface area contributed by atoms with E-state index in [0.29, 0.717) is 33.0 Å². The van der Waals surface area contributed by atoms with Crippen LogP contribution in [-0.2, 0) is 23.7 Å². The molecule has 0 aliphatic heterocycles. The molecule has 0 aromatic heterocycles. The fourth-order valence-corrected chi connectivity index (χ4v) is 1.45. The number of hydrogen-bond acceptors (Lipinski definition) is 6. The van der Waals surface area contributed by atoms with Crippen LogP contribution >= 0.6 is 0 Å². The molecule has 0 amide bonds. The maximum absolute atomic E-state index is 11.1. The quantitative estimate of drug-likeness (QED) is 0.384. The molecule has 0 spiro atoms. The lowest BCUT2D eigenvalue weighted by Crippen LogP contribution is -2.19. The van der Waals surface area contributed by atoms with E-state index < -0.39 is 6.16 Å². The Morgan fingerprint density at radius 3 is 2.35 bits per heavy atom. The van der Waals surface area contributed by atoms with Gasteiger partial charge in [-0.2, -0.15) is 0 Å². The van der Waals surface area contributed by atoms with Gasteiger partial charge in [-0.25, -0.2) is 4.79 Å². The van der Waals surface area contributed by atoms with E-state index in [1.54, 1.807) is 7.11 Å². The molecule has 0 aliphatic rings. The van der Waals surface area contributed by atoms with E-state index in [4.69, 9.17) is 23.7 Å². The summed E-state index contributed by atoms with van der Waals surface area (Å²) in [5, 5.41) is 0. The molecule has 0 N–H and O–H groups in total. The number of carbonyl (C=O) groups is 1. The zero-order valence-corrected chi connectivity index (χ0v) is 12.9. The van der Waals surface area contributed by atoms with Crippen molar-refractivity contribution in [2.45, 2.75) is 39.2 Å². The molecule has 0 aromatic carbocycles. The van der Waals surface area contributed by atoms with Crippen molar-refractivity contribution in [2.24, 2.45) is 0 Å². The van der Waals surface area contributed by atoms with Crippen molar-refractivity contribution in [2.75, 3.05) is 46.8 Å². The molecular weight excluding hydrogens is 264 g/mol. The number of rotatable bonds is 13. The highest BCUT2D eigenvalue weighted by Gasteiger charge is 2.05. The second kappa shape index (κ2) is 14.6. The first-order valence-electron chi connectivity index (χ1n) is 7.22. The van der Waals surface area contributed by atoms with Gasteiger partial charge in [0.2, 0.25) is 0 Å². The fraction of sp³-hybridized carbons (Fsp3) is 0.929. The van der Waals surface area contributed by atoms with Crippen LogP contribution in [-0.4, -0.2) is 59.0 Å². The average molecular weight is 292 g/mol. The van der Waals surface area contributed by atoms with Gasteiger partial charge in [-0.3, -0.25) is 0 Å². The smallest absolute Gasteiger partial charge is 0.434 e. The van der Waals surface area contributed by atoms with Crippen molar-refractivity contribution >= 4 is 6.16 Å². The molecule has 1 atom stereocenters. The molecule has 0 radical (unpaired) electrons. The number of carbonyl (C=O) groups excluding carboxylic acids is 1. The predicted molar refractivity (Wildman–Crippen MR) is 74.9 cm³/mol. The molecule has 6 nitrogen and oxygen atoms in total. The van der Waals surface area contributed by atoms with E-state index in [9.17, 15) is 4.79 Å². The van der Waals surface area contributed by atoms with Crippen LogP contribution in [0.15, 0.2) is 0 Å². The Balaban J connectivity index is 3.29. The molecule has 20 heavy (non-hydrogen) atoms.